The number of hydrogen-bond acceptors (Lipinski definition) is 6. The number of aromatic nitrogens is 1. The van der Waals surface area contributed by atoms with E-state index in [-0.39, 0.29) is 0 Å². The van der Waals surface area contributed by atoms with Gasteiger partial charge in [-0.15, -0.1) is 23.1 Å². The van der Waals surface area contributed by atoms with Crippen molar-refractivity contribution in [3.05, 3.63) is 40.3 Å². The van der Waals surface area contributed by atoms with Gasteiger partial charge in [0.15, 0.2) is 0 Å². The zero-order chi connectivity index (χ0) is 15.2. The molecule has 1 N–H and O–H groups in total. The molecule has 0 atom stereocenters. The minimum atomic E-state index is 0.546. The van der Waals surface area contributed by atoms with Gasteiger partial charge in [0.1, 0.15) is 17.4 Å². The summed E-state index contributed by atoms with van der Waals surface area (Å²) >= 11 is 3.42. The molecule has 2 aromatic rings. The number of piperazine rings is 1. The van der Waals surface area contributed by atoms with Crippen LogP contribution in [0, 0.1) is 0 Å². The number of benzene rings is 1. The van der Waals surface area contributed by atoms with Gasteiger partial charge in [-0.25, -0.2) is 4.98 Å². The molecule has 0 bridgehead atoms. The molecule has 1 aliphatic rings. The SMILES string of the molecule is CSc1ccc(OCc2nc(CN3CCNCC3)cs2)cc1. The molecule has 1 saturated heterocycles. The van der Waals surface area contributed by atoms with Gasteiger partial charge < -0.3 is 10.1 Å². The average molecular weight is 335 g/mol. The van der Waals surface area contributed by atoms with Crippen molar-refractivity contribution in [2.45, 2.75) is 18.0 Å². The lowest BCUT2D eigenvalue weighted by Crippen LogP contribution is -2.42. The van der Waals surface area contributed by atoms with Gasteiger partial charge in [-0.1, -0.05) is 0 Å². The minimum Gasteiger partial charge on any atom is -0.486 e. The van der Waals surface area contributed by atoms with Crippen LogP contribution < -0.4 is 10.1 Å². The highest BCUT2D eigenvalue weighted by Gasteiger charge is 2.12. The van der Waals surface area contributed by atoms with Crippen LogP contribution in [0.3, 0.4) is 0 Å². The fraction of sp³-hybridized carbons (Fsp3) is 0.438. The Morgan fingerprint density at radius 1 is 1.27 bits per heavy atom. The van der Waals surface area contributed by atoms with Gasteiger partial charge in [0, 0.05) is 43.0 Å². The Labute approximate surface area is 139 Å². The number of nitrogens with zero attached hydrogens (tertiary/aromatic N) is 2. The van der Waals surface area contributed by atoms with E-state index in [0.29, 0.717) is 6.61 Å². The van der Waals surface area contributed by atoms with Gasteiger partial charge in [-0.2, -0.15) is 0 Å². The summed E-state index contributed by atoms with van der Waals surface area (Å²) in [5, 5.41) is 6.56. The van der Waals surface area contributed by atoms with Gasteiger partial charge in [0.2, 0.25) is 0 Å². The third-order valence-corrected chi connectivity index (χ3v) is 5.23. The molecule has 22 heavy (non-hydrogen) atoms. The van der Waals surface area contributed by atoms with Crippen LogP contribution >= 0.6 is 23.1 Å². The lowest BCUT2D eigenvalue weighted by Gasteiger charge is -2.26. The first-order chi connectivity index (χ1) is 10.8. The molecule has 3 rings (SSSR count). The molecule has 0 aliphatic carbocycles. The topological polar surface area (TPSA) is 37.4 Å². The first-order valence-electron chi connectivity index (χ1n) is 7.47. The fourth-order valence-corrected chi connectivity index (χ4v) is 3.51. The molecular weight excluding hydrogens is 314 g/mol. The average Bonchev–Trinajstić information content (AvgIpc) is 3.02. The predicted octanol–water partition coefficient (Wildman–Crippen LogP) is 2.85. The molecule has 6 heteroatoms. The van der Waals surface area contributed by atoms with Crippen LogP contribution in [-0.2, 0) is 13.2 Å². The molecule has 1 aromatic heterocycles. The van der Waals surface area contributed by atoms with Crippen LogP contribution in [0.1, 0.15) is 10.7 Å². The summed E-state index contributed by atoms with van der Waals surface area (Å²) in [4.78, 5) is 8.37. The van der Waals surface area contributed by atoms with Crippen molar-refractivity contribution in [2.24, 2.45) is 0 Å². The predicted molar refractivity (Wildman–Crippen MR) is 92.8 cm³/mol. The third-order valence-electron chi connectivity index (χ3n) is 3.62. The van der Waals surface area contributed by atoms with E-state index in [1.54, 1.807) is 23.1 Å². The van der Waals surface area contributed by atoms with Crippen molar-refractivity contribution in [2.75, 3.05) is 32.4 Å². The summed E-state index contributed by atoms with van der Waals surface area (Å²) in [6.07, 6.45) is 2.07. The zero-order valence-electron chi connectivity index (χ0n) is 12.7. The third kappa shape index (κ3) is 4.46. The highest BCUT2D eigenvalue weighted by Crippen LogP contribution is 2.20. The Morgan fingerprint density at radius 2 is 2.05 bits per heavy atom. The Morgan fingerprint density at radius 3 is 2.77 bits per heavy atom. The van der Waals surface area contributed by atoms with E-state index in [9.17, 15) is 0 Å². The minimum absolute atomic E-state index is 0.546. The van der Waals surface area contributed by atoms with Crippen molar-refractivity contribution in [3.8, 4) is 5.75 Å². The Balaban J connectivity index is 1.50. The normalized spacial score (nSPS) is 15.9. The van der Waals surface area contributed by atoms with Crippen molar-refractivity contribution in [3.63, 3.8) is 0 Å². The number of rotatable bonds is 6. The molecule has 0 amide bonds. The Hall–Kier alpha value is -1.08. The molecular formula is C16H21N3OS2. The number of hydrogen-bond donors (Lipinski definition) is 1. The Kier molecular flexibility index (Phi) is 5.72. The van der Waals surface area contributed by atoms with Crippen molar-refractivity contribution in [1.82, 2.24) is 15.2 Å². The van der Waals surface area contributed by atoms with Gasteiger partial charge in [-0.3, -0.25) is 4.90 Å². The quantitative estimate of drug-likeness (QED) is 0.822. The van der Waals surface area contributed by atoms with E-state index in [1.165, 1.54) is 4.90 Å². The molecule has 0 radical (unpaired) electrons. The fourth-order valence-electron chi connectivity index (χ4n) is 2.40. The summed E-state index contributed by atoms with van der Waals surface area (Å²) < 4.78 is 5.81. The van der Waals surface area contributed by atoms with Crippen molar-refractivity contribution >= 4 is 23.1 Å². The highest BCUT2D eigenvalue weighted by atomic mass is 32.2. The maximum atomic E-state index is 5.81. The van der Waals surface area contributed by atoms with Crippen LogP contribution in [0.2, 0.25) is 0 Å². The van der Waals surface area contributed by atoms with E-state index in [2.05, 4.69) is 39.0 Å². The summed E-state index contributed by atoms with van der Waals surface area (Å²) in [6, 6.07) is 8.19. The largest absolute Gasteiger partial charge is 0.486 e. The lowest BCUT2D eigenvalue weighted by molar-refractivity contribution is 0.230. The van der Waals surface area contributed by atoms with E-state index in [1.807, 2.05) is 12.1 Å². The molecule has 1 aliphatic heterocycles. The summed E-state index contributed by atoms with van der Waals surface area (Å²) in [7, 11) is 0. The zero-order valence-corrected chi connectivity index (χ0v) is 14.4. The number of nitrogens with one attached hydrogen (secondary N) is 1. The molecule has 1 fully saturated rings. The molecule has 0 saturated carbocycles. The van der Waals surface area contributed by atoms with Crippen LogP contribution in [-0.4, -0.2) is 42.3 Å². The smallest absolute Gasteiger partial charge is 0.140 e. The first kappa shape index (κ1) is 15.8. The van der Waals surface area contributed by atoms with E-state index < -0.39 is 0 Å². The second-order valence-corrected chi connectivity index (χ2v) is 7.05. The van der Waals surface area contributed by atoms with Gasteiger partial charge in [0.05, 0.1) is 5.69 Å². The highest BCUT2D eigenvalue weighted by molar-refractivity contribution is 7.98. The summed E-state index contributed by atoms with van der Waals surface area (Å²) in [6.45, 7) is 5.85. The summed E-state index contributed by atoms with van der Waals surface area (Å²) in [5.41, 5.74) is 1.16. The van der Waals surface area contributed by atoms with Crippen LogP contribution in [0.25, 0.3) is 0 Å². The van der Waals surface area contributed by atoms with Gasteiger partial charge in [0.25, 0.3) is 0 Å². The Bertz CT molecular complexity index is 579. The molecule has 0 unspecified atom stereocenters. The molecule has 1 aromatic carbocycles. The van der Waals surface area contributed by atoms with Crippen molar-refractivity contribution < 1.29 is 4.74 Å². The number of thioether (sulfide) groups is 1. The second kappa shape index (κ2) is 7.97. The number of thiazole rings is 1. The molecule has 4 nitrogen and oxygen atoms in total. The van der Waals surface area contributed by atoms with E-state index in [0.717, 1.165) is 49.2 Å². The number of ether oxygens (including phenoxy) is 1. The standard InChI is InChI=1S/C16H21N3OS2/c1-21-15-4-2-14(3-5-15)20-11-16-18-13(12-22-16)10-19-8-6-17-7-9-19/h2-5,12,17H,6-11H2,1H3. The molecule has 118 valence electrons. The maximum absolute atomic E-state index is 5.81. The van der Waals surface area contributed by atoms with Gasteiger partial charge >= 0.3 is 0 Å². The van der Waals surface area contributed by atoms with Crippen LogP contribution in [0.5, 0.6) is 5.75 Å². The van der Waals surface area contributed by atoms with Crippen LogP contribution in [0.4, 0.5) is 0 Å². The molecule has 2 heterocycles. The maximum Gasteiger partial charge on any atom is 0.140 e. The molecule has 0 spiro atoms. The van der Waals surface area contributed by atoms with Crippen molar-refractivity contribution in [1.29, 1.82) is 0 Å². The second-order valence-electron chi connectivity index (χ2n) is 5.22. The summed E-state index contributed by atoms with van der Waals surface area (Å²) in [5.74, 6) is 0.900. The van der Waals surface area contributed by atoms with E-state index in [4.69, 9.17) is 4.74 Å². The monoisotopic (exact) mass is 335 g/mol. The van der Waals surface area contributed by atoms with Gasteiger partial charge in [-0.05, 0) is 30.5 Å². The van der Waals surface area contributed by atoms with Crippen LogP contribution in [0.15, 0.2) is 34.5 Å². The van der Waals surface area contributed by atoms with E-state index >= 15 is 0 Å². The lowest BCUT2D eigenvalue weighted by atomic mass is 10.3. The first-order valence-corrected chi connectivity index (χ1v) is 9.57.